The van der Waals surface area contributed by atoms with Crippen LogP contribution in [0.1, 0.15) is 77.0 Å². The van der Waals surface area contributed by atoms with Crippen molar-refractivity contribution in [1.82, 2.24) is 0 Å². The summed E-state index contributed by atoms with van der Waals surface area (Å²) in [6, 6.07) is 0. The van der Waals surface area contributed by atoms with E-state index in [-0.39, 0.29) is 6.67 Å². The number of hydrogen-bond donors (Lipinski definition) is 0. The van der Waals surface area contributed by atoms with Crippen molar-refractivity contribution < 1.29 is 4.39 Å². The smallest absolute Gasteiger partial charge is 0.0894 e. The lowest BCUT2D eigenvalue weighted by atomic mass is 9.99. The number of hydrogen-bond acceptors (Lipinski definition) is 0. The summed E-state index contributed by atoms with van der Waals surface area (Å²) in [5.41, 5.74) is 0. The summed E-state index contributed by atoms with van der Waals surface area (Å²) in [6.45, 7) is -0.127. The number of halogens is 1. The van der Waals surface area contributed by atoms with Crippen molar-refractivity contribution in [3.63, 3.8) is 0 Å². The predicted molar refractivity (Wildman–Crippen MR) is 64.6 cm³/mol. The van der Waals surface area contributed by atoms with Gasteiger partial charge in [-0.25, -0.2) is 0 Å². The Morgan fingerprint density at radius 2 is 1.27 bits per heavy atom. The molecule has 0 bridgehead atoms. The van der Waals surface area contributed by atoms with Gasteiger partial charge in [-0.15, -0.1) is 0 Å². The lowest BCUT2D eigenvalue weighted by molar-refractivity contribution is 0.449. The van der Waals surface area contributed by atoms with E-state index in [1.54, 1.807) is 0 Å². The fraction of sp³-hybridized carbons (Fsp3) is 0.929. The van der Waals surface area contributed by atoms with Crippen LogP contribution in [0.2, 0.25) is 0 Å². The highest BCUT2D eigenvalue weighted by Gasteiger charge is 2.14. The first-order valence-corrected chi connectivity index (χ1v) is 6.83. The predicted octanol–water partition coefficient (Wildman–Crippen LogP) is 5.23. The van der Waals surface area contributed by atoms with Crippen LogP contribution >= 0.6 is 0 Å². The quantitative estimate of drug-likeness (QED) is 0.460. The van der Waals surface area contributed by atoms with Gasteiger partial charge in [-0.3, -0.25) is 4.39 Å². The van der Waals surface area contributed by atoms with Gasteiger partial charge < -0.3 is 0 Å². The third-order valence-electron chi connectivity index (χ3n) is 3.47. The van der Waals surface area contributed by atoms with Crippen molar-refractivity contribution in [2.24, 2.45) is 0 Å². The van der Waals surface area contributed by atoms with Gasteiger partial charge in [0.25, 0.3) is 0 Å². The number of unbranched alkanes of at least 4 members (excludes halogenated alkanes) is 6. The fourth-order valence-corrected chi connectivity index (χ4v) is 2.48. The second-order valence-corrected chi connectivity index (χ2v) is 4.87. The van der Waals surface area contributed by atoms with E-state index in [4.69, 9.17) is 0 Å². The van der Waals surface area contributed by atoms with Crippen molar-refractivity contribution in [2.75, 3.05) is 6.67 Å². The van der Waals surface area contributed by atoms with Crippen LogP contribution in [0.15, 0.2) is 0 Å². The Kier molecular flexibility index (Phi) is 7.95. The van der Waals surface area contributed by atoms with Gasteiger partial charge in [0.1, 0.15) is 0 Å². The zero-order valence-corrected chi connectivity index (χ0v) is 10.1. The normalized spacial score (nSPS) is 17.4. The van der Waals surface area contributed by atoms with Crippen LogP contribution in [-0.2, 0) is 0 Å². The average Bonchev–Trinajstić information content (AvgIpc) is 2.75. The summed E-state index contributed by atoms with van der Waals surface area (Å²) in [4.78, 5) is 0. The van der Waals surface area contributed by atoms with Gasteiger partial charge in [-0.05, 0) is 31.6 Å². The van der Waals surface area contributed by atoms with Gasteiger partial charge in [0.2, 0.25) is 0 Å². The minimum Gasteiger partial charge on any atom is -0.251 e. The minimum absolute atomic E-state index is 0.127. The van der Waals surface area contributed by atoms with E-state index in [0.29, 0.717) is 0 Å². The molecule has 1 heteroatoms. The fourth-order valence-electron chi connectivity index (χ4n) is 2.48. The third kappa shape index (κ3) is 6.92. The standard InChI is InChI=1S/C14H26F/c15-13-9-5-3-1-2-4-6-10-14-11-7-8-12-14/h1-13H2. The maximum Gasteiger partial charge on any atom is 0.0894 e. The Hall–Kier alpha value is -0.0700. The largest absolute Gasteiger partial charge is 0.251 e. The van der Waals surface area contributed by atoms with E-state index in [2.05, 4.69) is 0 Å². The monoisotopic (exact) mass is 213 g/mol. The van der Waals surface area contributed by atoms with Crippen LogP contribution in [-0.4, -0.2) is 6.67 Å². The molecule has 1 aliphatic rings. The Labute approximate surface area is 94.6 Å². The summed E-state index contributed by atoms with van der Waals surface area (Å²) in [6.07, 6.45) is 15.7. The van der Waals surface area contributed by atoms with E-state index < -0.39 is 0 Å². The van der Waals surface area contributed by atoms with Gasteiger partial charge >= 0.3 is 0 Å². The molecule has 1 radical (unpaired) electrons. The highest BCUT2D eigenvalue weighted by molar-refractivity contribution is 4.93. The Morgan fingerprint density at radius 1 is 0.733 bits per heavy atom. The second-order valence-electron chi connectivity index (χ2n) is 4.87. The zero-order valence-electron chi connectivity index (χ0n) is 10.1. The van der Waals surface area contributed by atoms with Crippen molar-refractivity contribution in [3.8, 4) is 0 Å². The van der Waals surface area contributed by atoms with Crippen LogP contribution in [0.4, 0.5) is 4.39 Å². The lowest BCUT2D eigenvalue weighted by Crippen LogP contribution is -1.90. The molecule has 15 heavy (non-hydrogen) atoms. The average molecular weight is 213 g/mol. The van der Waals surface area contributed by atoms with Gasteiger partial charge in [0.05, 0.1) is 6.67 Å². The van der Waals surface area contributed by atoms with Crippen molar-refractivity contribution in [1.29, 1.82) is 0 Å². The van der Waals surface area contributed by atoms with Gasteiger partial charge in [-0.1, -0.05) is 51.4 Å². The molecule has 0 heterocycles. The summed E-state index contributed by atoms with van der Waals surface area (Å²) in [5, 5.41) is 0. The van der Waals surface area contributed by atoms with E-state index in [9.17, 15) is 4.39 Å². The Bertz CT molecular complexity index is 127. The molecule has 1 saturated carbocycles. The zero-order chi connectivity index (χ0) is 10.8. The summed E-state index contributed by atoms with van der Waals surface area (Å²) >= 11 is 0. The third-order valence-corrected chi connectivity index (χ3v) is 3.47. The molecule has 1 aliphatic carbocycles. The molecular formula is C14H26F. The van der Waals surface area contributed by atoms with Crippen molar-refractivity contribution in [2.45, 2.75) is 77.0 Å². The molecule has 1 rings (SSSR count). The van der Waals surface area contributed by atoms with Gasteiger partial charge in [-0.2, -0.15) is 0 Å². The van der Waals surface area contributed by atoms with Crippen LogP contribution < -0.4 is 0 Å². The highest BCUT2D eigenvalue weighted by atomic mass is 19.1. The molecule has 0 aromatic rings. The first-order chi connectivity index (χ1) is 7.43. The van der Waals surface area contributed by atoms with Crippen LogP contribution in [0, 0.1) is 5.92 Å². The first-order valence-electron chi connectivity index (χ1n) is 6.83. The van der Waals surface area contributed by atoms with Crippen molar-refractivity contribution in [3.05, 3.63) is 5.92 Å². The van der Waals surface area contributed by atoms with Crippen molar-refractivity contribution >= 4 is 0 Å². The second kappa shape index (κ2) is 9.18. The molecule has 0 aromatic carbocycles. The van der Waals surface area contributed by atoms with Crippen LogP contribution in [0.25, 0.3) is 0 Å². The molecule has 0 N–H and O–H groups in total. The molecular weight excluding hydrogens is 187 g/mol. The maximum atomic E-state index is 11.8. The Morgan fingerprint density at radius 3 is 1.87 bits per heavy atom. The summed E-state index contributed by atoms with van der Waals surface area (Å²) in [7, 11) is 0. The number of rotatable bonds is 9. The minimum atomic E-state index is -0.127. The molecule has 0 nitrogen and oxygen atoms in total. The molecule has 0 amide bonds. The molecule has 0 atom stereocenters. The van der Waals surface area contributed by atoms with Crippen LogP contribution in [0.3, 0.4) is 0 Å². The molecule has 0 aliphatic heterocycles. The summed E-state index contributed by atoms with van der Waals surface area (Å²) in [5.74, 6) is 1.83. The van der Waals surface area contributed by atoms with E-state index >= 15 is 0 Å². The topological polar surface area (TPSA) is 0 Å². The highest BCUT2D eigenvalue weighted by Crippen LogP contribution is 2.31. The molecule has 0 unspecified atom stereocenters. The maximum absolute atomic E-state index is 11.8. The van der Waals surface area contributed by atoms with Crippen LogP contribution in [0.5, 0.6) is 0 Å². The molecule has 89 valence electrons. The van der Waals surface area contributed by atoms with Gasteiger partial charge in [0, 0.05) is 0 Å². The molecule has 0 saturated heterocycles. The Balaban J connectivity index is 1.73. The molecule has 1 fully saturated rings. The van der Waals surface area contributed by atoms with E-state index in [0.717, 1.165) is 12.8 Å². The number of alkyl halides is 1. The molecule has 0 spiro atoms. The lowest BCUT2D eigenvalue weighted by Gasteiger charge is -2.07. The summed E-state index contributed by atoms with van der Waals surface area (Å²) < 4.78 is 11.8. The van der Waals surface area contributed by atoms with Gasteiger partial charge in [0.15, 0.2) is 0 Å². The molecule has 0 aromatic heterocycles. The van der Waals surface area contributed by atoms with E-state index in [1.807, 2.05) is 5.92 Å². The first kappa shape index (κ1) is 13.0. The SMILES string of the molecule is FCCCCCCCCC[C]1CCCC1. The van der Waals surface area contributed by atoms with E-state index in [1.165, 1.54) is 64.2 Å².